The molecule has 0 amide bonds. The average molecular weight is 247 g/mol. The highest BCUT2D eigenvalue weighted by atomic mass is 32.2. The van der Waals surface area contributed by atoms with Crippen LogP contribution in [-0.2, 0) is 0 Å². The number of hydrogen-bond acceptors (Lipinski definition) is 2. The molecule has 0 spiro atoms. The van der Waals surface area contributed by atoms with Gasteiger partial charge < -0.3 is 5.32 Å². The monoisotopic (exact) mass is 247 g/mol. The van der Waals surface area contributed by atoms with E-state index in [-0.39, 0.29) is 0 Å². The van der Waals surface area contributed by atoms with Gasteiger partial charge in [-0.05, 0) is 32.0 Å². The normalized spacial score (nSPS) is 19.8. The quantitative estimate of drug-likeness (QED) is 0.812. The average Bonchev–Trinajstić information content (AvgIpc) is 2.71. The Hall–Kier alpha value is -0.730. The van der Waals surface area contributed by atoms with Gasteiger partial charge in [0.2, 0.25) is 0 Å². The Morgan fingerprint density at radius 2 is 2.24 bits per heavy atom. The van der Waals surface area contributed by atoms with Crippen LogP contribution in [0.5, 0.6) is 0 Å². The molecule has 2 rings (SSSR count). The van der Waals surface area contributed by atoms with Crippen LogP contribution >= 0.6 is 11.8 Å². The number of fused-ring (bicyclic) bond motifs is 1. The molecule has 2 atom stereocenters. The van der Waals surface area contributed by atoms with Crippen molar-refractivity contribution < 1.29 is 0 Å². The minimum absolute atomic E-state index is 0.473. The number of thioether (sulfide) groups is 1. The van der Waals surface area contributed by atoms with Crippen LogP contribution in [0, 0.1) is 0 Å². The van der Waals surface area contributed by atoms with Crippen molar-refractivity contribution in [3.8, 4) is 0 Å². The van der Waals surface area contributed by atoms with Crippen LogP contribution in [-0.4, -0.2) is 18.3 Å². The van der Waals surface area contributed by atoms with Gasteiger partial charge in [-0.3, -0.25) is 0 Å². The van der Waals surface area contributed by atoms with Gasteiger partial charge in [0, 0.05) is 22.6 Å². The fraction of sp³-hybridized carbons (Fsp3) is 0.467. The molecule has 1 aromatic carbocycles. The third-order valence-corrected chi connectivity index (χ3v) is 4.33. The number of likely N-dealkylation sites (N-methyl/N-ethyl adjacent to an activating group) is 1. The molecule has 17 heavy (non-hydrogen) atoms. The first-order chi connectivity index (χ1) is 8.22. The minimum atomic E-state index is 0.473. The van der Waals surface area contributed by atoms with E-state index in [1.807, 2.05) is 11.8 Å². The maximum absolute atomic E-state index is 3.61. The summed E-state index contributed by atoms with van der Waals surface area (Å²) in [7, 11) is 0. The summed E-state index contributed by atoms with van der Waals surface area (Å²) in [6, 6.07) is 9.29. The summed E-state index contributed by atoms with van der Waals surface area (Å²) in [4.78, 5) is 1.46. The van der Waals surface area contributed by atoms with Crippen molar-refractivity contribution in [2.45, 2.75) is 37.6 Å². The largest absolute Gasteiger partial charge is 0.310 e. The van der Waals surface area contributed by atoms with E-state index in [9.17, 15) is 0 Å². The van der Waals surface area contributed by atoms with Crippen LogP contribution in [0.15, 0.2) is 40.8 Å². The van der Waals surface area contributed by atoms with Gasteiger partial charge in [-0.15, -0.1) is 11.8 Å². The van der Waals surface area contributed by atoms with Gasteiger partial charge in [-0.25, -0.2) is 0 Å². The van der Waals surface area contributed by atoms with Crippen molar-refractivity contribution in [2.75, 3.05) is 12.3 Å². The molecule has 1 nitrogen and oxygen atoms in total. The molecule has 0 saturated heterocycles. The van der Waals surface area contributed by atoms with E-state index in [0.717, 1.165) is 6.54 Å². The van der Waals surface area contributed by atoms with Gasteiger partial charge in [0.25, 0.3) is 0 Å². The lowest BCUT2D eigenvalue weighted by atomic mass is 9.92. The highest BCUT2D eigenvalue weighted by Crippen LogP contribution is 2.41. The number of hydrogen-bond donors (Lipinski definition) is 1. The molecule has 2 unspecified atom stereocenters. The number of nitrogens with one attached hydrogen (secondary N) is 1. The Morgan fingerprint density at radius 3 is 2.94 bits per heavy atom. The lowest BCUT2D eigenvalue weighted by Gasteiger charge is -2.22. The van der Waals surface area contributed by atoms with Gasteiger partial charge in [0.05, 0.1) is 0 Å². The van der Waals surface area contributed by atoms with E-state index in [2.05, 4.69) is 56.4 Å². The van der Waals surface area contributed by atoms with Gasteiger partial charge in [0.1, 0.15) is 0 Å². The summed E-state index contributed by atoms with van der Waals surface area (Å²) in [6.45, 7) is 7.56. The molecule has 1 aromatic rings. The Kier molecular flexibility index (Phi) is 4.30. The number of rotatable bonds is 4. The van der Waals surface area contributed by atoms with E-state index < -0.39 is 0 Å². The Labute approximate surface area is 109 Å². The highest BCUT2D eigenvalue weighted by molar-refractivity contribution is 7.99. The van der Waals surface area contributed by atoms with E-state index >= 15 is 0 Å². The second kappa shape index (κ2) is 5.74. The first kappa shape index (κ1) is 12.7. The molecule has 0 aliphatic carbocycles. The van der Waals surface area contributed by atoms with E-state index in [1.165, 1.54) is 21.8 Å². The zero-order valence-corrected chi connectivity index (χ0v) is 11.7. The van der Waals surface area contributed by atoms with Crippen LogP contribution in [0.1, 0.15) is 32.3 Å². The molecule has 2 heteroatoms. The molecule has 1 heterocycles. The maximum Gasteiger partial charge on any atom is 0.0329 e. The standard InChI is InChI=1S/C15H21NS/c1-4-16-14(9-11(2)3)13-10-17-15-8-6-5-7-12(13)15/h5-9,13-14,16H,4,10H2,1-3H3. The lowest BCUT2D eigenvalue weighted by Crippen LogP contribution is -2.33. The van der Waals surface area contributed by atoms with E-state index in [4.69, 9.17) is 0 Å². The molecule has 0 saturated carbocycles. The molecule has 1 aliphatic heterocycles. The molecule has 92 valence electrons. The highest BCUT2D eigenvalue weighted by Gasteiger charge is 2.28. The van der Waals surface area contributed by atoms with Crippen LogP contribution in [0.25, 0.3) is 0 Å². The third-order valence-electron chi connectivity index (χ3n) is 3.12. The predicted molar refractivity (Wildman–Crippen MR) is 76.8 cm³/mol. The van der Waals surface area contributed by atoms with Gasteiger partial charge in [-0.2, -0.15) is 0 Å². The van der Waals surface area contributed by atoms with Crippen molar-refractivity contribution >= 4 is 11.8 Å². The fourth-order valence-electron chi connectivity index (χ4n) is 2.40. The van der Waals surface area contributed by atoms with Crippen LogP contribution < -0.4 is 5.32 Å². The van der Waals surface area contributed by atoms with Gasteiger partial charge in [0.15, 0.2) is 0 Å². The molecule has 0 radical (unpaired) electrons. The molecule has 1 N–H and O–H groups in total. The summed E-state index contributed by atoms with van der Waals surface area (Å²) in [5.74, 6) is 1.81. The Morgan fingerprint density at radius 1 is 1.47 bits per heavy atom. The SMILES string of the molecule is CCNC(C=C(C)C)C1CSc2ccccc21. The maximum atomic E-state index is 3.61. The van der Waals surface area contributed by atoms with Crippen LogP contribution in [0.2, 0.25) is 0 Å². The number of benzene rings is 1. The first-order valence-corrected chi connectivity index (χ1v) is 7.31. The van der Waals surface area contributed by atoms with E-state index in [0.29, 0.717) is 12.0 Å². The predicted octanol–water partition coefficient (Wildman–Crippen LogP) is 3.82. The summed E-state index contributed by atoms with van der Waals surface area (Å²) in [5, 5.41) is 3.61. The zero-order chi connectivity index (χ0) is 12.3. The van der Waals surface area contributed by atoms with Crippen molar-refractivity contribution in [3.63, 3.8) is 0 Å². The van der Waals surface area contributed by atoms with Crippen molar-refractivity contribution in [3.05, 3.63) is 41.5 Å². The van der Waals surface area contributed by atoms with Crippen molar-refractivity contribution in [1.82, 2.24) is 5.32 Å². The molecular weight excluding hydrogens is 226 g/mol. The first-order valence-electron chi connectivity index (χ1n) is 6.32. The second-order valence-electron chi connectivity index (χ2n) is 4.78. The fourth-order valence-corrected chi connectivity index (χ4v) is 3.70. The Balaban J connectivity index is 2.24. The Bertz CT molecular complexity index is 407. The van der Waals surface area contributed by atoms with Crippen LogP contribution in [0.3, 0.4) is 0 Å². The topological polar surface area (TPSA) is 12.0 Å². The third kappa shape index (κ3) is 2.93. The summed E-state index contributed by atoms with van der Waals surface area (Å²) >= 11 is 1.99. The van der Waals surface area contributed by atoms with Crippen molar-refractivity contribution in [2.24, 2.45) is 0 Å². The summed E-state index contributed by atoms with van der Waals surface area (Å²) in [6.07, 6.45) is 2.37. The zero-order valence-electron chi connectivity index (χ0n) is 10.9. The summed E-state index contributed by atoms with van der Waals surface area (Å²) in [5.41, 5.74) is 2.91. The molecule has 0 fully saturated rings. The van der Waals surface area contributed by atoms with Crippen LogP contribution in [0.4, 0.5) is 0 Å². The second-order valence-corrected chi connectivity index (χ2v) is 5.84. The minimum Gasteiger partial charge on any atom is -0.310 e. The van der Waals surface area contributed by atoms with Crippen molar-refractivity contribution in [1.29, 1.82) is 0 Å². The van der Waals surface area contributed by atoms with Gasteiger partial charge in [-0.1, -0.05) is 36.8 Å². The molecular formula is C15H21NS. The smallest absolute Gasteiger partial charge is 0.0329 e. The molecule has 1 aliphatic rings. The van der Waals surface area contributed by atoms with E-state index in [1.54, 1.807) is 0 Å². The summed E-state index contributed by atoms with van der Waals surface area (Å²) < 4.78 is 0. The molecule has 0 bridgehead atoms. The lowest BCUT2D eigenvalue weighted by molar-refractivity contribution is 0.541. The molecule has 0 aromatic heterocycles. The number of allylic oxidation sites excluding steroid dienone is 1. The van der Waals surface area contributed by atoms with Gasteiger partial charge >= 0.3 is 0 Å².